The van der Waals surface area contributed by atoms with E-state index in [1.165, 1.54) is 135 Å². The summed E-state index contributed by atoms with van der Waals surface area (Å²) in [5.41, 5.74) is 0. The Balaban J connectivity index is 2.23. The Kier molecular flexibility index (Phi) is 48.0. The van der Waals surface area contributed by atoms with Crippen molar-refractivity contribution >= 4 is 5.91 Å². The Morgan fingerprint density at radius 3 is 1.30 bits per heavy atom. The van der Waals surface area contributed by atoms with Gasteiger partial charge in [-0.25, -0.2) is 0 Å². The summed E-state index contributed by atoms with van der Waals surface area (Å²) >= 11 is 0. The third kappa shape index (κ3) is 40.7. The number of carbonyl (C=O) groups is 1. The highest BCUT2D eigenvalue weighted by Gasteiger charge is 2.44. The first kappa shape index (κ1) is 66.6. The van der Waals surface area contributed by atoms with Crippen LogP contribution < -0.4 is 5.32 Å². The lowest BCUT2D eigenvalue weighted by Gasteiger charge is -2.40. The highest BCUT2D eigenvalue weighted by Crippen LogP contribution is 2.23. The molecule has 0 aromatic heterocycles. The van der Waals surface area contributed by atoms with Crippen molar-refractivity contribution in [3.05, 3.63) is 72.9 Å². The summed E-state index contributed by atoms with van der Waals surface area (Å²) in [5, 5.41) is 54.7. The maximum Gasteiger partial charge on any atom is 0.220 e. The SMILES string of the molecule is CC/C=C\C/C=C\C/C=C\C/C=C\C/C=C\C/C=C\CCCCCCCCC(=O)NC(COC1OC(CO)C(O)C(O)C1O)C(O)CCCCCCCCCCCCCCCCCCCCCCCCC. The van der Waals surface area contributed by atoms with Crippen LogP contribution in [0.15, 0.2) is 72.9 Å². The summed E-state index contributed by atoms with van der Waals surface area (Å²) in [6, 6.07) is -0.733. The van der Waals surface area contributed by atoms with E-state index >= 15 is 0 Å². The number of amides is 1. The minimum atomic E-state index is -1.56. The van der Waals surface area contributed by atoms with Gasteiger partial charge in [0, 0.05) is 6.42 Å². The number of allylic oxidation sites excluding steroid dienone is 12. The zero-order valence-corrected chi connectivity index (χ0v) is 45.7. The van der Waals surface area contributed by atoms with Gasteiger partial charge in [0.05, 0.1) is 25.4 Å². The Morgan fingerprint density at radius 1 is 0.493 bits per heavy atom. The van der Waals surface area contributed by atoms with E-state index in [4.69, 9.17) is 9.47 Å². The van der Waals surface area contributed by atoms with Gasteiger partial charge in [0.2, 0.25) is 5.91 Å². The number of carbonyl (C=O) groups excluding carboxylic acids is 1. The normalized spacial score (nSPS) is 19.8. The molecular weight excluding hydrogens is 887 g/mol. The van der Waals surface area contributed by atoms with Gasteiger partial charge >= 0.3 is 0 Å². The summed E-state index contributed by atoms with van der Waals surface area (Å²) < 4.78 is 11.3. The molecule has 0 bridgehead atoms. The largest absolute Gasteiger partial charge is 0.394 e. The molecule has 7 unspecified atom stereocenters. The molecule has 1 amide bonds. The Bertz CT molecular complexity index is 1340. The second-order valence-electron chi connectivity index (χ2n) is 20.4. The van der Waals surface area contributed by atoms with Gasteiger partial charge in [0.1, 0.15) is 24.4 Å². The lowest BCUT2D eigenvalue weighted by atomic mass is 9.99. The topological polar surface area (TPSA) is 149 Å². The van der Waals surface area contributed by atoms with Crippen molar-refractivity contribution in [2.45, 2.75) is 301 Å². The van der Waals surface area contributed by atoms with Gasteiger partial charge in [-0.1, -0.05) is 260 Å². The molecule has 1 aliphatic rings. The summed E-state index contributed by atoms with van der Waals surface area (Å²) in [6.07, 6.45) is 63.5. The Morgan fingerprint density at radius 2 is 0.873 bits per heavy atom. The van der Waals surface area contributed by atoms with Crippen molar-refractivity contribution in [1.82, 2.24) is 5.32 Å². The zero-order chi connectivity index (χ0) is 51.5. The fourth-order valence-electron chi connectivity index (χ4n) is 9.17. The summed E-state index contributed by atoms with van der Waals surface area (Å²) in [5.74, 6) is -0.159. The van der Waals surface area contributed by atoms with Crippen LogP contribution in [-0.2, 0) is 14.3 Å². The molecular formula is C62H111NO8. The number of unbranched alkanes of at least 4 members (excludes halogenated alkanes) is 28. The standard InChI is InChI=1S/C62H111NO8/c1-3-5-7-9-11-13-15-17-19-21-23-25-27-28-30-32-34-36-38-40-42-44-46-48-50-52-58(66)63-55(54-70-62-61(69)60(68)59(67)57(53-64)71-62)56(65)51-49-47-45-43-41-39-37-35-33-31-29-26-24-22-20-18-16-14-12-10-8-6-4-2/h5,7,11,13,17,19,23,25,28,30,34,36,55-57,59-62,64-65,67-69H,3-4,6,8-10,12,14-16,18,20-22,24,26-27,29,31-33,35,37-54H2,1-2H3,(H,63,66)/b7-5-,13-11-,19-17-,25-23-,30-28-,36-34-. The van der Waals surface area contributed by atoms with Crippen LogP contribution in [0.25, 0.3) is 0 Å². The highest BCUT2D eigenvalue weighted by molar-refractivity contribution is 5.76. The smallest absolute Gasteiger partial charge is 0.220 e. The van der Waals surface area contributed by atoms with E-state index in [1.807, 2.05) is 0 Å². The molecule has 0 spiro atoms. The maximum absolute atomic E-state index is 13.1. The van der Waals surface area contributed by atoms with E-state index in [0.717, 1.165) is 96.3 Å². The first-order chi connectivity index (χ1) is 34.8. The number of nitrogens with one attached hydrogen (secondary N) is 1. The van der Waals surface area contributed by atoms with Crippen LogP contribution in [0.4, 0.5) is 0 Å². The van der Waals surface area contributed by atoms with Crippen LogP contribution in [0.2, 0.25) is 0 Å². The summed E-state index contributed by atoms with van der Waals surface area (Å²) in [6.45, 7) is 3.73. The van der Waals surface area contributed by atoms with Crippen LogP contribution in [0.5, 0.6) is 0 Å². The Labute approximate surface area is 436 Å². The van der Waals surface area contributed by atoms with Crippen LogP contribution >= 0.6 is 0 Å². The minimum Gasteiger partial charge on any atom is -0.394 e. The molecule has 0 aromatic rings. The molecule has 6 N–H and O–H groups in total. The summed E-state index contributed by atoms with van der Waals surface area (Å²) in [7, 11) is 0. The van der Waals surface area contributed by atoms with Crippen molar-refractivity contribution in [2.24, 2.45) is 0 Å². The predicted octanol–water partition coefficient (Wildman–Crippen LogP) is 14.8. The molecule has 7 atom stereocenters. The molecule has 9 nitrogen and oxygen atoms in total. The third-order valence-corrected chi connectivity index (χ3v) is 13.8. The number of rotatable bonds is 50. The van der Waals surface area contributed by atoms with E-state index in [1.54, 1.807) is 0 Å². The van der Waals surface area contributed by atoms with Gasteiger partial charge in [-0.2, -0.15) is 0 Å². The van der Waals surface area contributed by atoms with Gasteiger partial charge in [-0.15, -0.1) is 0 Å². The molecule has 1 rings (SSSR count). The van der Waals surface area contributed by atoms with E-state index in [-0.39, 0.29) is 12.5 Å². The van der Waals surface area contributed by atoms with Crippen molar-refractivity contribution in [3.63, 3.8) is 0 Å². The van der Waals surface area contributed by atoms with E-state index in [2.05, 4.69) is 92.1 Å². The van der Waals surface area contributed by atoms with Crippen molar-refractivity contribution in [1.29, 1.82) is 0 Å². The molecule has 0 saturated carbocycles. The molecule has 0 aromatic carbocycles. The quantitative estimate of drug-likeness (QED) is 0.0261. The number of ether oxygens (including phenoxy) is 2. The fourth-order valence-corrected chi connectivity index (χ4v) is 9.17. The molecule has 9 heteroatoms. The monoisotopic (exact) mass is 998 g/mol. The van der Waals surface area contributed by atoms with Crippen molar-refractivity contribution < 1.29 is 39.8 Å². The number of hydrogen-bond donors (Lipinski definition) is 6. The Hall–Kier alpha value is -2.37. The molecule has 0 radical (unpaired) electrons. The third-order valence-electron chi connectivity index (χ3n) is 13.8. The van der Waals surface area contributed by atoms with Crippen LogP contribution in [-0.4, -0.2) is 87.5 Å². The number of aliphatic hydroxyl groups is 5. The first-order valence-corrected chi connectivity index (χ1v) is 29.6. The van der Waals surface area contributed by atoms with Gasteiger partial charge in [-0.05, 0) is 64.2 Å². The first-order valence-electron chi connectivity index (χ1n) is 29.6. The van der Waals surface area contributed by atoms with Gasteiger partial charge in [-0.3, -0.25) is 4.79 Å². The average Bonchev–Trinajstić information content (AvgIpc) is 3.37. The predicted molar refractivity (Wildman–Crippen MR) is 299 cm³/mol. The molecule has 412 valence electrons. The van der Waals surface area contributed by atoms with Crippen molar-refractivity contribution in [2.75, 3.05) is 13.2 Å². The molecule has 1 aliphatic heterocycles. The maximum atomic E-state index is 13.1. The molecule has 1 saturated heterocycles. The molecule has 71 heavy (non-hydrogen) atoms. The van der Waals surface area contributed by atoms with Crippen LogP contribution in [0.1, 0.15) is 258 Å². The van der Waals surface area contributed by atoms with Crippen LogP contribution in [0.3, 0.4) is 0 Å². The van der Waals surface area contributed by atoms with E-state index in [9.17, 15) is 30.3 Å². The number of aliphatic hydroxyl groups excluding tert-OH is 5. The van der Waals surface area contributed by atoms with Crippen molar-refractivity contribution in [3.8, 4) is 0 Å². The molecule has 0 aliphatic carbocycles. The minimum absolute atomic E-state index is 0.147. The lowest BCUT2D eigenvalue weighted by molar-refractivity contribution is -0.302. The average molecular weight is 999 g/mol. The van der Waals surface area contributed by atoms with E-state index in [0.29, 0.717) is 12.8 Å². The lowest BCUT2D eigenvalue weighted by Crippen LogP contribution is -2.60. The highest BCUT2D eigenvalue weighted by atomic mass is 16.7. The number of hydrogen-bond acceptors (Lipinski definition) is 8. The zero-order valence-electron chi connectivity index (χ0n) is 45.7. The second-order valence-corrected chi connectivity index (χ2v) is 20.4. The molecule has 1 fully saturated rings. The molecule has 1 heterocycles. The van der Waals surface area contributed by atoms with Gasteiger partial charge in [0.15, 0.2) is 6.29 Å². The van der Waals surface area contributed by atoms with E-state index < -0.39 is 49.5 Å². The second kappa shape index (κ2) is 51.1. The van der Waals surface area contributed by atoms with Gasteiger partial charge in [0.25, 0.3) is 0 Å². The van der Waals surface area contributed by atoms with Crippen LogP contribution in [0, 0.1) is 0 Å². The van der Waals surface area contributed by atoms with Gasteiger partial charge < -0.3 is 40.3 Å². The fraction of sp³-hybridized carbons (Fsp3) is 0.790. The summed E-state index contributed by atoms with van der Waals surface area (Å²) in [4.78, 5) is 13.1.